The molecule has 12 heavy (non-hydrogen) atoms. The molecule has 0 aliphatic rings. The second-order valence-corrected chi connectivity index (χ2v) is 3.83. The normalized spacial score (nSPS) is 10.7. The molecule has 1 amide bonds. The monoisotopic (exact) mass is 189 g/mol. The number of nitrogens with one attached hydrogen (secondary N) is 1. The van der Waals surface area contributed by atoms with Crippen LogP contribution in [-0.4, -0.2) is 17.7 Å². The first kappa shape index (κ1) is 11.4. The first-order valence-corrected chi connectivity index (χ1v) is 4.27. The molecule has 70 valence electrons. The third-order valence-electron chi connectivity index (χ3n) is 1.17. The number of carbonyl (C=O) groups excluding carboxylic acids is 1. The Balaban J connectivity index is 3.94. The third kappa shape index (κ3) is 4.28. The van der Waals surface area contributed by atoms with Crippen molar-refractivity contribution < 1.29 is 9.53 Å². The Hall–Kier alpha value is -0.640. The predicted molar refractivity (Wildman–Crippen MR) is 52.2 cm³/mol. The van der Waals surface area contributed by atoms with Crippen LogP contribution in [0.3, 0.4) is 0 Å². The number of ether oxygens (including phenoxy) is 1. The van der Waals surface area contributed by atoms with Crippen molar-refractivity contribution in [2.24, 2.45) is 5.41 Å². The van der Waals surface area contributed by atoms with Crippen LogP contribution in [0.2, 0.25) is 0 Å². The lowest BCUT2D eigenvalue weighted by Crippen LogP contribution is -2.37. The second kappa shape index (κ2) is 4.40. The summed E-state index contributed by atoms with van der Waals surface area (Å²) < 4.78 is 4.67. The van der Waals surface area contributed by atoms with Gasteiger partial charge in [0, 0.05) is 5.41 Å². The van der Waals surface area contributed by atoms with Crippen molar-refractivity contribution in [3.63, 3.8) is 0 Å². The van der Waals surface area contributed by atoms with Gasteiger partial charge in [-0.05, 0) is 6.92 Å². The molecule has 0 bridgehead atoms. The number of carbonyl (C=O) groups is 1. The third-order valence-corrected chi connectivity index (χ3v) is 1.89. The van der Waals surface area contributed by atoms with Gasteiger partial charge in [0.2, 0.25) is 0 Å². The van der Waals surface area contributed by atoms with Gasteiger partial charge in [-0.2, -0.15) is 0 Å². The molecule has 0 spiro atoms. The van der Waals surface area contributed by atoms with Crippen molar-refractivity contribution in [2.75, 3.05) is 6.61 Å². The summed E-state index contributed by atoms with van der Waals surface area (Å²) in [7, 11) is 0. The highest BCUT2D eigenvalue weighted by Gasteiger charge is 2.19. The molecule has 0 aliphatic heterocycles. The standard InChI is InChI=1S/C8H15NO2S/c1-5-11-7(10)9-6(12)8(2,3)4/h5H2,1-4H3,(H,9,10,12). The molecule has 0 rings (SSSR count). The van der Waals surface area contributed by atoms with E-state index in [0.717, 1.165) is 0 Å². The van der Waals surface area contributed by atoms with Crippen molar-refractivity contribution in [1.82, 2.24) is 5.32 Å². The fourth-order valence-corrected chi connectivity index (χ4v) is 0.531. The Morgan fingerprint density at radius 3 is 2.33 bits per heavy atom. The lowest BCUT2D eigenvalue weighted by Gasteiger charge is -2.19. The van der Waals surface area contributed by atoms with Crippen molar-refractivity contribution in [3.8, 4) is 0 Å². The van der Waals surface area contributed by atoms with Gasteiger partial charge in [0.05, 0.1) is 11.6 Å². The first-order chi connectivity index (χ1) is 5.38. The molecule has 0 aliphatic carbocycles. The molecule has 0 saturated carbocycles. The zero-order valence-corrected chi connectivity index (χ0v) is 8.75. The summed E-state index contributed by atoms with van der Waals surface area (Å²) >= 11 is 4.97. The molecule has 0 atom stereocenters. The first-order valence-electron chi connectivity index (χ1n) is 3.86. The van der Waals surface area contributed by atoms with Crippen LogP contribution in [-0.2, 0) is 4.74 Å². The van der Waals surface area contributed by atoms with Crippen molar-refractivity contribution in [2.45, 2.75) is 27.7 Å². The molecular formula is C8H15NO2S. The number of hydrogen-bond donors (Lipinski definition) is 1. The Morgan fingerprint density at radius 2 is 2.00 bits per heavy atom. The number of hydrogen-bond acceptors (Lipinski definition) is 3. The van der Waals surface area contributed by atoms with Gasteiger partial charge < -0.3 is 4.74 Å². The highest BCUT2D eigenvalue weighted by atomic mass is 32.1. The van der Waals surface area contributed by atoms with Crippen molar-refractivity contribution in [1.29, 1.82) is 0 Å². The molecule has 3 nitrogen and oxygen atoms in total. The van der Waals surface area contributed by atoms with Crippen molar-refractivity contribution in [3.05, 3.63) is 0 Å². The SMILES string of the molecule is CCOC(=O)NC(=S)C(C)(C)C. The molecule has 0 aromatic heterocycles. The number of rotatable bonds is 1. The molecule has 0 saturated heterocycles. The van der Waals surface area contributed by atoms with Crippen LogP contribution in [0.1, 0.15) is 27.7 Å². The van der Waals surface area contributed by atoms with Crippen LogP contribution < -0.4 is 5.32 Å². The highest BCUT2D eigenvalue weighted by molar-refractivity contribution is 7.80. The summed E-state index contributed by atoms with van der Waals surface area (Å²) in [5.41, 5.74) is -0.192. The molecule has 0 aromatic rings. The van der Waals surface area contributed by atoms with E-state index >= 15 is 0 Å². The largest absolute Gasteiger partial charge is 0.450 e. The fraction of sp³-hybridized carbons (Fsp3) is 0.750. The van der Waals surface area contributed by atoms with Crippen LogP contribution in [0.25, 0.3) is 0 Å². The quantitative estimate of drug-likeness (QED) is 0.642. The molecule has 0 radical (unpaired) electrons. The van der Waals surface area contributed by atoms with Gasteiger partial charge in [-0.3, -0.25) is 5.32 Å². The predicted octanol–water partition coefficient (Wildman–Crippen LogP) is 2.11. The van der Waals surface area contributed by atoms with E-state index in [9.17, 15) is 4.79 Å². The number of thiocarbonyl (C=S) groups is 1. The second-order valence-electron chi connectivity index (χ2n) is 3.42. The van der Waals surface area contributed by atoms with E-state index in [1.54, 1.807) is 6.92 Å². The van der Waals surface area contributed by atoms with E-state index in [4.69, 9.17) is 12.2 Å². The van der Waals surface area contributed by atoms with Gasteiger partial charge in [0.1, 0.15) is 0 Å². The molecule has 1 N–H and O–H groups in total. The van der Waals surface area contributed by atoms with Gasteiger partial charge in [-0.25, -0.2) is 4.79 Å². The summed E-state index contributed by atoms with van der Waals surface area (Å²) in [6.07, 6.45) is -0.475. The van der Waals surface area contributed by atoms with Crippen LogP contribution in [0.15, 0.2) is 0 Å². The number of alkyl carbamates (subject to hydrolysis) is 1. The van der Waals surface area contributed by atoms with Crippen molar-refractivity contribution >= 4 is 23.3 Å². The molecule has 0 heterocycles. The molecule has 0 unspecified atom stereocenters. The highest BCUT2D eigenvalue weighted by Crippen LogP contribution is 2.13. The summed E-state index contributed by atoms with van der Waals surface area (Å²) in [4.78, 5) is 11.4. The minimum absolute atomic E-state index is 0.192. The molecule has 0 aromatic carbocycles. The van der Waals surface area contributed by atoms with Crippen LogP contribution in [0.5, 0.6) is 0 Å². The van der Waals surface area contributed by atoms with Gasteiger partial charge >= 0.3 is 6.09 Å². The van der Waals surface area contributed by atoms with E-state index in [-0.39, 0.29) is 5.41 Å². The van der Waals surface area contributed by atoms with E-state index in [0.29, 0.717) is 11.6 Å². The van der Waals surface area contributed by atoms with E-state index < -0.39 is 6.09 Å². The summed E-state index contributed by atoms with van der Waals surface area (Å²) in [5.74, 6) is 0. The lowest BCUT2D eigenvalue weighted by atomic mass is 9.97. The van der Waals surface area contributed by atoms with Gasteiger partial charge in [-0.1, -0.05) is 33.0 Å². The molecule has 0 fully saturated rings. The minimum atomic E-state index is -0.475. The van der Waals surface area contributed by atoms with E-state index in [2.05, 4.69) is 10.1 Å². The van der Waals surface area contributed by atoms with Gasteiger partial charge in [0.15, 0.2) is 0 Å². The number of amides is 1. The van der Waals surface area contributed by atoms with Crippen LogP contribution in [0.4, 0.5) is 4.79 Å². The zero-order chi connectivity index (χ0) is 9.78. The van der Waals surface area contributed by atoms with Gasteiger partial charge in [0.25, 0.3) is 0 Å². The smallest absolute Gasteiger partial charge is 0.412 e. The maximum Gasteiger partial charge on any atom is 0.412 e. The van der Waals surface area contributed by atoms with Crippen LogP contribution >= 0.6 is 12.2 Å². The average molecular weight is 189 g/mol. The Morgan fingerprint density at radius 1 is 1.50 bits per heavy atom. The summed E-state index contributed by atoms with van der Waals surface area (Å²) in [6.45, 7) is 7.91. The Labute approximate surface area is 78.5 Å². The minimum Gasteiger partial charge on any atom is -0.450 e. The maximum atomic E-state index is 10.9. The topological polar surface area (TPSA) is 38.3 Å². The van der Waals surface area contributed by atoms with Gasteiger partial charge in [-0.15, -0.1) is 0 Å². The Kier molecular flexibility index (Phi) is 4.17. The molecular weight excluding hydrogens is 174 g/mol. The zero-order valence-electron chi connectivity index (χ0n) is 7.93. The fourth-order valence-electron chi connectivity index (χ4n) is 0.447. The summed E-state index contributed by atoms with van der Waals surface area (Å²) in [6, 6.07) is 0. The Bertz CT molecular complexity index is 184. The molecule has 4 heteroatoms. The van der Waals surface area contributed by atoms with Crippen LogP contribution in [0, 0.1) is 5.41 Å². The maximum absolute atomic E-state index is 10.9. The summed E-state index contributed by atoms with van der Waals surface area (Å²) in [5, 5.41) is 2.49. The van der Waals surface area contributed by atoms with E-state index in [1.165, 1.54) is 0 Å². The lowest BCUT2D eigenvalue weighted by molar-refractivity contribution is 0.157. The van der Waals surface area contributed by atoms with E-state index in [1.807, 2.05) is 20.8 Å². The average Bonchev–Trinajstić information content (AvgIpc) is 1.85.